The molecule has 0 radical (unpaired) electrons. The predicted octanol–water partition coefficient (Wildman–Crippen LogP) is 3.69. The van der Waals surface area contributed by atoms with E-state index >= 15 is 0 Å². The van der Waals surface area contributed by atoms with Crippen LogP contribution in [0.25, 0.3) is 0 Å². The third-order valence-electron chi connectivity index (χ3n) is 4.41. The molecule has 0 atom stereocenters. The molecular formula is C16H25NO. The zero-order chi connectivity index (χ0) is 13.2. The van der Waals surface area contributed by atoms with E-state index in [-0.39, 0.29) is 11.1 Å². The van der Waals surface area contributed by atoms with Crippen LogP contribution in [0.2, 0.25) is 0 Å². The van der Waals surface area contributed by atoms with E-state index in [4.69, 9.17) is 10.5 Å². The van der Waals surface area contributed by atoms with Crippen molar-refractivity contribution in [2.75, 3.05) is 7.11 Å². The lowest BCUT2D eigenvalue weighted by Crippen LogP contribution is -2.38. The largest absolute Gasteiger partial charge is 0.374 e. The van der Waals surface area contributed by atoms with Crippen molar-refractivity contribution in [1.82, 2.24) is 0 Å². The number of hydrogen-bond donors (Lipinski definition) is 1. The fourth-order valence-electron chi connectivity index (χ4n) is 2.79. The zero-order valence-electron chi connectivity index (χ0n) is 11.8. The monoisotopic (exact) mass is 247 g/mol. The molecule has 0 amide bonds. The van der Waals surface area contributed by atoms with Crippen molar-refractivity contribution in [2.24, 2.45) is 5.73 Å². The molecule has 0 bridgehead atoms. The van der Waals surface area contributed by atoms with Gasteiger partial charge in [0.1, 0.15) is 0 Å². The molecule has 0 spiro atoms. The molecule has 0 aromatic heterocycles. The standard InChI is InChI=1S/C16H25NO/c1-15(2,18-3)13-7-9-14(10-8-13)16(17)11-5-4-6-12-16/h7-10H,4-6,11-12,17H2,1-3H3. The van der Waals surface area contributed by atoms with Crippen molar-refractivity contribution in [2.45, 2.75) is 57.1 Å². The highest BCUT2D eigenvalue weighted by atomic mass is 16.5. The van der Waals surface area contributed by atoms with Gasteiger partial charge in [0.25, 0.3) is 0 Å². The molecule has 2 heteroatoms. The van der Waals surface area contributed by atoms with Crippen LogP contribution in [0.1, 0.15) is 57.1 Å². The minimum Gasteiger partial charge on any atom is -0.374 e. The van der Waals surface area contributed by atoms with Crippen LogP contribution in [0, 0.1) is 0 Å². The van der Waals surface area contributed by atoms with Gasteiger partial charge >= 0.3 is 0 Å². The molecule has 2 nitrogen and oxygen atoms in total. The summed E-state index contributed by atoms with van der Waals surface area (Å²) in [6.45, 7) is 4.17. The normalized spacial score (nSPS) is 19.8. The maximum absolute atomic E-state index is 6.54. The molecule has 1 aromatic carbocycles. The highest BCUT2D eigenvalue weighted by molar-refractivity contribution is 5.31. The summed E-state index contributed by atoms with van der Waals surface area (Å²) >= 11 is 0. The van der Waals surface area contributed by atoms with Crippen LogP contribution in [-0.4, -0.2) is 7.11 Å². The molecule has 1 aliphatic rings. The van der Waals surface area contributed by atoms with Gasteiger partial charge in [0.15, 0.2) is 0 Å². The maximum Gasteiger partial charge on any atom is 0.0871 e. The summed E-state index contributed by atoms with van der Waals surface area (Å²) in [6, 6.07) is 8.67. The lowest BCUT2D eigenvalue weighted by molar-refractivity contribution is 0.0192. The van der Waals surface area contributed by atoms with E-state index in [1.54, 1.807) is 7.11 Å². The number of nitrogens with two attached hydrogens (primary N) is 1. The van der Waals surface area contributed by atoms with Gasteiger partial charge in [0.2, 0.25) is 0 Å². The van der Waals surface area contributed by atoms with Gasteiger partial charge in [-0.2, -0.15) is 0 Å². The summed E-state index contributed by atoms with van der Waals surface area (Å²) in [7, 11) is 1.75. The van der Waals surface area contributed by atoms with Crippen molar-refractivity contribution in [3.63, 3.8) is 0 Å². The Hall–Kier alpha value is -0.860. The van der Waals surface area contributed by atoms with Gasteiger partial charge < -0.3 is 10.5 Å². The Kier molecular flexibility index (Phi) is 3.79. The van der Waals surface area contributed by atoms with Crippen LogP contribution < -0.4 is 5.73 Å². The number of rotatable bonds is 3. The van der Waals surface area contributed by atoms with Crippen molar-refractivity contribution in [3.8, 4) is 0 Å². The van der Waals surface area contributed by atoms with Crippen molar-refractivity contribution < 1.29 is 4.74 Å². The first kappa shape index (κ1) is 13.6. The summed E-state index contributed by atoms with van der Waals surface area (Å²) in [6.07, 6.45) is 6.05. The van der Waals surface area contributed by atoms with Gasteiger partial charge in [-0.1, -0.05) is 43.5 Å². The van der Waals surface area contributed by atoms with Gasteiger partial charge in [0.05, 0.1) is 5.60 Å². The van der Waals surface area contributed by atoms with Crippen LogP contribution in [0.15, 0.2) is 24.3 Å². The molecule has 0 unspecified atom stereocenters. The molecular weight excluding hydrogens is 222 g/mol. The van der Waals surface area contributed by atoms with Crippen LogP contribution in [0.4, 0.5) is 0 Å². The highest BCUT2D eigenvalue weighted by Gasteiger charge is 2.29. The molecule has 0 heterocycles. The minimum absolute atomic E-state index is 0.103. The van der Waals surface area contributed by atoms with Gasteiger partial charge in [0, 0.05) is 12.6 Å². The second-order valence-corrected chi connectivity index (χ2v) is 6.01. The van der Waals surface area contributed by atoms with E-state index in [1.807, 2.05) is 0 Å². The first-order valence-corrected chi connectivity index (χ1v) is 6.93. The predicted molar refractivity (Wildman–Crippen MR) is 75.4 cm³/mol. The second-order valence-electron chi connectivity index (χ2n) is 6.01. The van der Waals surface area contributed by atoms with Crippen LogP contribution in [0.5, 0.6) is 0 Å². The molecule has 0 aliphatic heterocycles. The van der Waals surface area contributed by atoms with E-state index < -0.39 is 0 Å². The average molecular weight is 247 g/mol. The molecule has 1 fully saturated rings. The van der Waals surface area contributed by atoms with Gasteiger partial charge in [-0.15, -0.1) is 0 Å². The Morgan fingerprint density at radius 2 is 1.61 bits per heavy atom. The van der Waals surface area contributed by atoms with E-state index in [9.17, 15) is 0 Å². The lowest BCUT2D eigenvalue weighted by Gasteiger charge is -2.34. The Morgan fingerprint density at radius 3 is 2.11 bits per heavy atom. The smallest absolute Gasteiger partial charge is 0.0871 e. The minimum atomic E-state index is -0.229. The number of ether oxygens (including phenoxy) is 1. The van der Waals surface area contributed by atoms with Crippen LogP contribution in [-0.2, 0) is 15.9 Å². The molecule has 1 aliphatic carbocycles. The molecule has 18 heavy (non-hydrogen) atoms. The fraction of sp³-hybridized carbons (Fsp3) is 0.625. The third-order valence-corrected chi connectivity index (χ3v) is 4.41. The first-order valence-electron chi connectivity index (χ1n) is 6.93. The Bertz CT molecular complexity index is 388. The summed E-state index contributed by atoms with van der Waals surface area (Å²) in [5.74, 6) is 0. The van der Waals surface area contributed by atoms with Gasteiger partial charge in [-0.25, -0.2) is 0 Å². The van der Waals surface area contributed by atoms with E-state index in [0.29, 0.717) is 0 Å². The third kappa shape index (κ3) is 2.60. The quantitative estimate of drug-likeness (QED) is 0.884. The summed E-state index contributed by atoms with van der Waals surface area (Å²) in [4.78, 5) is 0. The summed E-state index contributed by atoms with van der Waals surface area (Å²) in [5.41, 5.74) is 8.69. The lowest BCUT2D eigenvalue weighted by atomic mass is 9.77. The zero-order valence-corrected chi connectivity index (χ0v) is 11.8. The molecule has 1 saturated carbocycles. The SMILES string of the molecule is COC(C)(C)c1ccc(C2(N)CCCCC2)cc1. The van der Waals surface area contributed by atoms with Crippen LogP contribution in [0.3, 0.4) is 0 Å². The number of benzene rings is 1. The van der Waals surface area contributed by atoms with Crippen molar-refractivity contribution in [1.29, 1.82) is 0 Å². The average Bonchev–Trinajstić information content (AvgIpc) is 2.40. The molecule has 2 N–H and O–H groups in total. The Balaban J connectivity index is 2.22. The van der Waals surface area contributed by atoms with Gasteiger partial charge in [-0.05, 0) is 37.8 Å². The molecule has 0 saturated heterocycles. The molecule has 1 aromatic rings. The van der Waals surface area contributed by atoms with E-state index in [0.717, 1.165) is 12.8 Å². The van der Waals surface area contributed by atoms with E-state index in [1.165, 1.54) is 30.4 Å². The number of hydrogen-bond acceptors (Lipinski definition) is 2. The van der Waals surface area contributed by atoms with Crippen molar-refractivity contribution >= 4 is 0 Å². The Morgan fingerprint density at radius 1 is 1.06 bits per heavy atom. The maximum atomic E-state index is 6.54. The topological polar surface area (TPSA) is 35.2 Å². The summed E-state index contributed by atoms with van der Waals surface area (Å²) < 4.78 is 5.50. The summed E-state index contributed by atoms with van der Waals surface area (Å²) in [5, 5.41) is 0. The van der Waals surface area contributed by atoms with E-state index in [2.05, 4.69) is 38.1 Å². The first-order chi connectivity index (χ1) is 8.48. The van der Waals surface area contributed by atoms with Gasteiger partial charge in [-0.3, -0.25) is 0 Å². The van der Waals surface area contributed by atoms with Crippen LogP contribution >= 0.6 is 0 Å². The highest BCUT2D eigenvalue weighted by Crippen LogP contribution is 2.35. The second kappa shape index (κ2) is 5.02. The fourth-order valence-corrected chi connectivity index (χ4v) is 2.79. The number of methoxy groups -OCH3 is 1. The molecule has 2 rings (SSSR count). The van der Waals surface area contributed by atoms with Crippen molar-refractivity contribution in [3.05, 3.63) is 35.4 Å². The molecule has 100 valence electrons. The Labute approximate surface area is 111 Å².